The highest BCUT2D eigenvalue weighted by Gasteiger charge is 2.27. The summed E-state index contributed by atoms with van der Waals surface area (Å²) in [4.78, 5) is 15.8. The second-order valence-electron chi connectivity index (χ2n) is 4.23. The zero-order valence-corrected chi connectivity index (χ0v) is 10.4. The molecule has 0 aliphatic heterocycles. The molecule has 17 heavy (non-hydrogen) atoms. The number of carbonyl (C=O) groups is 1. The molecule has 0 saturated carbocycles. The van der Waals surface area contributed by atoms with Crippen LogP contribution in [0.15, 0.2) is 12.3 Å². The number of anilines is 1. The number of nitrogens with zero attached hydrogens (tertiary/aromatic N) is 2. The number of carbonyl (C=O) groups excluding carboxylic acids is 1. The van der Waals surface area contributed by atoms with E-state index in [9.17, 15) is 4.79 Å². The van der Waals surface area contributed by atoms with Crippen LogP contribution >= 0.6 is 0 Å². The lowest BCUT2D eigenvalue weighted by Crippen LogP contribution is -2.29. The molecule has 0 aliphatic rings. The Bertz CT molecular complexity index is 475. The summed E-state index contributed by atoms with van der Waals surface area (Å²) in [6.45, 7) is 4.96. The molecule has 1 aromatic rings. The molecule has 1 N–H and O–H groups in total. The first-order valence-corrected chi connectivity index (χ1v) is 5.14. The zero-order chi connectivity index (χ0) is 13.1. The third kappa shape index (κ3) is 2.94. The quantitative estimate of drug-likeness (QED) is 0.865. The van der Waals surface area contributed by atoms with Crippen molar-refractivity contribution in [2.24, 2.45) is 5.41 Å². The summed E-state index contributed by atoms with van der Waals surface area (Å²) in [5.74, 6) is 0.134. The summed E-state index contributed by atoms with van der Waals surface area (Å²) in [6.07, 6.45) is 1.51. The van der Waals surface area contributed by atoms with Crippen molar-refractivity contribution >= 4 is 11.6 Å². The van der Waals surface area contributed by atoms with E-state index in [4.69, 9.17) is 10.00 Å². The second-order valence-corrected chi connectivity index (χ2v) is 4.23. The van der Waals surface area contributed by atoms with Gasteiger partial charge in [0.1, 0.15) is 5.41 Å². The van der Waals surface area contributed by atoms with E-state index in [-0.39, 0.29) is 5.91 Å². The number of methoxy groups -OCH3 is 1. The molecule has 0 fully saturated rings. The molecule has 0 aliphatic carbocycles. The van der Waals surface area contributed by atoms with Gasteiger partial charge in [-0.05, 0) is 26.3 Å². The van der Waals surface area contributed by atoms with Gasteiger partial charge >= 0.3 is 0 Å². The van der Waals surface area contributed by atoms with Crippen LogP contribution in [0.25, 0.3) is 0 Å². The normalized spacial score (nSPS) is 10.5. The van der Waals surface area contributed by atoms with Crippen molar-refractivity contribution in [1.29, 1.82) is 5.26 Å². The molecule has 0 aromatic carbocycles. The molecule has 0 atom stereocenters. The maximum absolute atomic E-state index is 11.8. The van der Waals surface area contributed by atoms with Crippen molar-refractivity contribution in [1.82, 2.24) is 4.98 Å². The Kier molecular flexibility index (Phi) is 3.69. The van der Waals surface area contributed by atoms with Gasteiger partial charge in [-0.3, -0.25) is 4.79 Å². The van der Waals surface area contributed by atoms with Gasteiger partial charge in [-0.25, -0.2) is 4.98 Å². The summed E-state index contributed by atoms with van der Waals surface area (Å²) in [5.41, 5.74) is 0.352. The molecule has 5 nitrogen and oxygen atoms in total. The minimum Gasteiger partial charge on any atom is -0.481 e. The van der Waals surface area contributed by atoms with Crippen molar-refractivity contribution in [3.8, 4) is 11.9 Å². The molecule has 0 unspecified atom stereocenters. The lowest BCUT2D eigenvalue weighted by molar-refractivity contribution is -0.121. The van der Waals surface area contributed by atoms with E-state index in [1.807, 2.05) is 13.0 Å². The average Bonchev–Trinajstić information content (AvgIpc) is 2.31. The van der Waals surface area contributed by atoms with Crippen molar-refractivity contribution in [3.05, 3.63) is 17.8 Å². The van der Waals surface area contributed by atoms with E-state index >= 15 is 0 Å². The number of aromatic nitrogens is 1. The van der Waals surface area contributed by atoms with E-state index in [2.05, 4.69) is 10.3 Å². The molecule has 0 spiro atoms. The smallest absolute Gasteiger partial charge is 0.244 e. The van der Waals surface area contributed by atoms with Gasteiger partial charge in [0.25, 0.3) is 0 Å². The summed E-state index contributed by atoms with van der Waals surface area (Å²) in [5, 5.41) is 11.5. The number of rotatable bonds is 3. The standard InChI is InChI=1S/C12H15N3O2/c1-8-5-10(17-4)14-6-9(8)15-11(16)12(2,3)7-13/h5-6H,1-4H3,(H,15,16). The second kappa shape index (κ2) is 4.83. The number of aryl methyl sites for hydroxylation is 1. The first kappa shape index (κ1) is 13.0. The van der Waals surface area contributed by atoms with Crippen LogP contribution in [0.5, 0.6) is 5.88 Å². The fourth-order valence-electron chi connectivity index (χ4n) is 1.10. The van der Waals surface area contributed by atoms with Crippen LogP contribution in [0, 0.1) is 23.7 Å². The van der Waals surface area contributed by atoms with Crippen molar-refractivity contribution in [2.75, 3.05) is 12.4 Å². The number of pyridine rings is 1. The van der Waals surface area contributed by atoms with Gasteiger partial charge in [0.05, 0.1) is 25.1 Å². The van der Waals surface area contributed by atoms with Gasteiger partial charge < -0.3 is 10.1 Å². The highest BCUT2D eigenvalue weighted by molar-refractivity contribution is 5.97. The Morgan fingerprint density at radius 1 is 1.59 bits per heavy atom. The maximum Gasteiger partial charge on any atom is 0.244 e. The fraction of sp³-hybridized carbons (Fsp3) is 0.417. The predicted molar refractivity (Wildman–Crippen MR) is 63.5 cm³/mol. The third-order valence-electron chi connectivity index (χ3n) is 2.39. The minimum atomic E-state index is -1.06. The van der Waals surface area contributed by atoms with Gasteiger partial charge in [-0.2, -0.15) is 5.26 Å². The monoisotopic (exact) mass is 233 g/mol. The van der Waals surface area contributed by atoms with E-state index in [0.29, 0.717) is 11.6 Å². The van der Waals surface area contributed by atoms with Gasteiger partial charge in [0.2, 0.25) is 11.8 Å². The Balaban J connectivity index is 2.91. The summed E-state index contributed by atoms with van der Waals surface area (Å²) < 4.78 is 4.97. The van der Waals surface area contributed by atoms with Crippen LogP contribution in [0.3, 0.4) is 0 Å². The summed E-state index contributed by atoms with van der Waals surface area (Å²) in [6, 6.07) is 3.66. The van der Waals surface area contributed by atoms with Gasteiger partial charge in [0.15, 0.2) is 0 Å². The van der Waals surface area contributed by atoms with Crippen LogP contribution < -0.4 is 10.1 Å². The van der Waals surface area contributed by atoms with Crippen LogP contribution in [0.1, 0.15) is 19.4 Å². The molecule has 1 aromatic heterocycles. The third-order valence-corrected chi connectivity index (χ3v) is 2.39. The highest BCUT2D eigenvalue weighted by atomic mass is 16.5. The Morgan fingerprint density at radius 2 is 2.24 bits per heavy atom. The van der Waals surface area contributed by atoms with Gasteiger partial charge in [-0.15, -0.1) is 0 Å². The number of nitrogens with one attached hydrogen (secondary N) is 1. The van der Waals surface area contributed by atoms with E-state index in [0.717, 1.165) is 5.56 Å². The highest BCUT2D eigenvalue weighted by Crippen LogP contribution is 2.21. The molecule has 90 valence electrons. The molecule has 5 heteroatoms. The molecule has 0 saturated heterocycles. The number of nitriles is 1. The van der Waals surface area contributed by atoms with E-state index in [1.165, 1.54) is 13.3 Å². The van der Waals surface area contributed by atoms with Crippen LogP contribution in [0.2, 0.25) is 0 Å². The van der Waals surface area contributed by atoms with E-state index in [1.54, 1.807) is 19.9 Å². The zero-order valence-electron chi connectivity index (χ0n) is 10.4. The Morgan fingerprint density at radius 3 is 2.71 bits per heavy atom. The molecule has 1 amide bonds. The Hall–Kier alpha value is -2.09. The van der Waals surface area contributed by atoms with Crippen LogP contribution in [-0.2, 0) is 4.79 Å². The molecular weight excluding hydrogens is 218 g/mol. The molecule has 0 bridgehead atoms. The lowest BCUT2D eigenvalue weighted by atomic mass is 9.94. The topological polar surface area (TPSA) is 75.0 Å². The first-order valence-electron chi connectivity index (χ1n) is 5.14. The number of hydrogen-bond donors (Lipinski definition) is 1. The van der Waals surface area contributed by atoms with Crippen molar-refractivity contribution < 1.29 is 9.53 Å². The van der Waals surface area contributed by atoms with Crippen molar-refractivity contribution in [3.63, 3.8) is 0 Å². The van der Waals surface area contributed by atoms with Gasteiger partial charge in [-0.1, -0.05) is 0 Å². The van der Waals surface area contributed by atoms with Gasteiger partial charge in [0, 0.05) is 6.07 Å². The fourth-order valence-corrected chi connectivity index (χ4v) is 1.10. The summed E-state index contributed by atoms with van der Waals surface area (Å²) >= 11 is 0. The SMILES string of the molecule is COc1cc(C)c(NC(=O)C(C)(C)C#N)cn1. The molecule has 0 radical (unpaired) electrons. The summed E-state index contributed by atoms with van der Waals surface area (Å²) in [7, 11) is 1.53. The van der Waals surface area contributed by atoms with E-state index < -0.39 is 5.41 Å². The molecule has 1 heterocycles. The number of hydrogen-bond acceptors (Lipinski definition) is 4. The maximum atomic E-state index is 11.8. The average molecular weight is 233 g/mol. The number of amides is 1. The Labute approximate surface area is 100 Å². The molecular formula is C12H15N3O2. The lowest BCUT2D eigenvalue weighted by Gasteiger charge is -2.16. The minimum absolute atomic E-state index is 0.352. The molecule has 1 rings (SSSR count). The first-order chi connectivity index (χ1) is 7.90. The largest absolute Gasteiger partial charge is 0.481 e. The number of ether oxygens (including phenoxy) is 1. The van der Waals surface area contributed by atoms with Crippen LogP contribution in [-0.4, -0.2) is 18.0 Å². The van der Waals surface area contributed by atoms with Crippen molar-refractivity contribution in [2.45, 2.75) is 20.8 Å². The van der Waals surface area contributed by atoms with Crippen LogP contribution in [0.4, 0.5) is 5.69 Å². The predicted octanol–water partition coefficient (Wildman–Crippen LogP) is 1.89.